The molecule has 242 valence electrons. The summed E-state index contributed by atoms with van der Waals surface area (Å²) >= 11 is 0. The van der Waals surface area contributed by atoms with Crippen LogP contribution in [0, 0.1) is 11.3 Å². The molecule has 14 heteroatoms. The van der Waals surface area contributed by atoms with Gasteiger partial charge in [-0.15, -0.1) is 0 Å². The van der Waals surface area contributed by atoms with Crippen LogP contribution in [0.5, 0.6) is 0 Å². The van der Waals surface area contributed by atoms with Gasteiger partial charge in [-0.25, -0.2) is 4.79 Å². The number of carboxylic acid groups (broad SMARTS) is 1. The van der Waals surface area contributed by atoms with E-state index in [0.29, 0.717) is 26.2 Å². The lowest BCUT2D eigenvalue weighted by Crippen LogP contribution is -2.59. The van der Waals surface area contributed by atoms with Gasteiger partial charge in [0.15, 0.2) is 0 Å². The van der Waals surface area contributed by atoms with Crippen LogP contribution in [0.3, 0.4) is 0 Å². The van der Waals surface area contributed by atoms with Gasteiger partial charge in [0.25, 0.3) is 11.8 Å². The van der Waals surface area contributed by atoms with Crippen molar-refractivity contribution in [3.63, 3.8) is 0 Å². The Kier molecular flexibility index (Phi) is 12.6. The van der Waals surface area contributed by atoms with Gasteiger partial charge in [0.1, 0.15) is 12.1 Å². The number of hydrogen-bond acceptors (Lipinski definition) is 8. The number of rotatable bonds is 12. The van der Waals surface area contributed by atoms with Crippen LogP contribution < -0.4 is 21.3 Å². The van der Waals surface area contributed by atoms with Crippen molar-refractivity contribution in [3.8, 4) is 0 Å². The van der Waals surface area contributed by atoms with E-state index in [1.165, 1.54) is 31.2 Å². The number of carboxylic acids is 1. The standard InChI is InChI=1S/C30H44N6O8/c1-17(2)22(23(38)27(41)31-16-21(37)36-13-11-35(7)12-14-36)33-25(39)18(3)32-28(42)24(30(4,5)6)34-26(40)19-9-8-10-20(15-19)29(43)44/h8-10,15,17-18,22,24H,11-14,16H2,1-7H3,(H,31,41)(H,32,42)(H,33,39)(H,34,40)(H,43,44). The number of piperazine rings is 1. The Hall–Kier alpha value is -4.33. The van der Waals surface area contributed by atoms with Crippen molar-refractivity contribution in [2.45, 2.75) is 59.7 Å². The Bertz CT molecular complexity index is 1270. The molecule has 1 aromatic rings. The average molecular weight is 617 g/mol. The van der Waals surface area contributed by atoms with Crippen LogP contribution in [-0.2, 0) is 24.0 Å². The second-order valence-corrected chi connectivity index (χ2v) is 12.4. The smallest absolute Gasteiger partial charge is 0.335 e. The summed E-state index contributed by atoms with van der Waals surface area (Å²) in [5.41, 5.74) is -0.861. The number of ketones is 1. The van der Waals surface area contributed by atoms with E-state index in [2.05, 4.69) is 26.2 Å². The Morgan fingerprint density at radius 3 is 2.00 bits per heavy atom. The number of carbonyl (C=O) groups excluding carboxylic acids is 6. The number of likely N-dealkylation sites (N-methyl/N-ethyl adjacent to an activating group) is 1. The molecule has 5 N–H and O–H groups in total. The molecule has 44 heavy (non-hydrogen) atoms. The summed E-state index contributed by atoms with van der Waals surface area (Å²) in [6.45, 7) is 11.9. The van der Waals surface area contributed by atoms with E-state index in [9.17, 15) is 38.7 Å². The van der Waals surface area contributed by atoms with Gasteiger partial charge in [0.05, 0.1) is 18.2 Å². The normalized spacial score (nSPS) is 15.9. The predicted molar refractivity (Wildman–Crippen MR) is 161 cm³/mol. The number of nitrogens with one attached hydrogen (secondary N) is 4. The minimum atomic E-state index is -1.22. The summed E-state index contributed by atoms with van der Waals surface area (Å²) in [5, 5.41) is 19.2. The minimum Gasteiger partial charge on any atom is -0.478 e. The van der Waals surface area contributed by atoms with Crippen molar-refractivity contribution in [2.24, 2.45) is 11.3 Å². The van der Waals surface area contributed by atoms with Crippen molar-refractivity contribution >= 4 is 41.3 Å². The monoisotopic (exact) mass is 616 g/mol. The van der Waals surface area contributed by atoms with Crippen molar-refractivity contribution in [1.82, 2.24) is 31.1 Å². The lowest BCUT2D eigenvalue weighted by atomic mass is 9.85. The summed E-state index contributed by atoms with van der Waals surface area (Å²) in [4.78, 5) is 92.1. The van der Waals surface area contributed by atoms with Gasteiger partial charge in [-0.2, -0.15) is 0 Å². The first-order chi connectivity index (χ1) is 20.4. The highest BCUT2D eigenvalue weighted by Crippen LogP contribution is 2.20. The molecule has 0 radical (unpaired) electrons. The SMILES string of the molecule is CC(NC(=O)C(NC(=O)c1cccc(C(=O)O)c1)C(C)(C)C)C(=O)NC(C(=O)C(=O)NCC(=O)N1CCN(C)CC1)C(C)C. The Morgan fingerprint density at radius 1 is 0.864 bits per heavy atom. The number of aromatic carboxylic acids is 1. The molecule has 1 saturated heterocycles. The first-order valence-electron chi connectivity index (χ1n) is 14.5. The molecule has 14 nitrogen and oxygen atoms in total. The number of hydrogen-bond donors (Lipinski definition) is 5. The molecule has 0 aliphatic carbocycles. The van der Waals surface area contributed by atoms with Gasteiger partial charge >= 0.3 is 5.97 Å². The van der Waals surface area contributed by atoms with Gasteiger partial charge in [-0.1, -0.05) is 40.7 Å². The molecule has 1 aliphatic rings. The maximum atomic E-state index is 13.2. The Morgan fingerprint density at radius 2 is 1.45 bits per heavy atom. The van der Waals surface area contributed by atoms with Crippen molar-refractivity contribution in [1.29, 1.82) is 0 Å². The Labute approximate surface area is 257 Å². The van der Waals surface area contributed by atoms with E-state index >= 15 is 0 Å². The fourth-order valence-corrected chi connectivity index (χ4v) is 4.41. The van der Waals surface area contributed by atoms with E-state index in [1.807, 2.05) is 7.05 Å². The number of amides is 5. The highest BCUT2D eigenvalue weighted by atomic mass is 16.4. The summed E-state index contributed by atoms with van der Waals surface area (Å²) in [5.74, 6) is -6.04. The molecule has 3 unspecified atom stereocenters. The topological polar surface area (TPSA) is 194 Å². The molecule has 1 heterocycles. The molecule has 1 aliphatic heterocycles. The average Bonchev–Trinajstić information content (AvgIpc) is 2.95. The van der Waals surface area contributed by atoms with Crippen molar-refractivity contribution in [2.75, 3.05) is 39.8 Å². The fourth-order valence-electron chi connectivity index (χ4n) is 4.41. The van der Waals surface area contributed by atoms with E-state index in [4.69, 9.17) is 0 Å². The quantitative estimate of drug-likeness (QED) is 0.195. The van der Waals surface area contributed by atoms with Gasteiger partial charge < -0.3 is 36.2 Å². The van der Waals surface area contributed by atoms with Crippen LogP contribution in [0.15, 0.2) is 24.3 Å². The van der Waals surface area contributed by atoms with Gasteiger partial charge in [-0.05, 0) is 43.5 Å². The van der Waals surface area contributed by atoms with Gasteiger partial charge in [0.2, 0.25) is 23.5 Å². The zero-order valence-corrected chi connectivity index (χ0v) is 26.4. The molecule has 0 spiro atoms. The molecular weight excluding hydrogens is 572 g/mol. The van der Waals surface area contributed by atoms with E-state index in [-0.39, 0.29) is 23.6 Å². The van der Waals surface area contributed by atoms with E-state index in [0.717, 1.165) is 0 Å². The van der Waals surface area contributed by atoms with Crippen LogP contribution in [0.25, 0.3) is 0 Å². The number of Topliss-reactive ketones (excluding diaryl/α,β-unsaturated/α-hetero) is 1. The molecule has 1 aromatic carbocycles. The maximum Gasteiger partial charge on any atom is 0.335 e. The molecule has 3 atom stereocenters. The highest BCUT2D eigenvalue weighted by Gasteiger charge is 2.36. The minimum absolute atomic E-state index is 0.0412. The van der Waals surface area contributed by atoms with Crippen LogP contribution in [-0.4, -0.2) is 114 Å². The molecule has 2 rings (SSSR count). The van der Waals surface area contributed by atoms with E-state index in [1.54, 1.807) is 39.5 Å². The third kappa shape index (κ3) is 10.1. The van der Waals surface area contributed by atoms with Gasteiger partial charge in [-0.3, -0.25) is 28.8 Å². The molecule has 0 bridgehead atoms. The molecular formula is C30H44N6O8. The molecule has 0 saturated carbocycles. The lowest BCUT2D eigenvalue weighted by Gasteiger charge is -2.32. The largest absolute Gasteiger partial charge is 0.478 e. The third-order valence-electron chi connectivity index (χ3n) is 7.25. The molecule has 0 aromatic heterocycles. The molecule has 5 amide bonds. The molecule has 1 fully saturated rings. The van der Waals surface area contributed by atoms with Crippen LogP contribution in [0.4, 0.5) is 0 Å². The Balaban J connectivity index is 2.02. The van der Waals surface area contributed by atoms with Crippen LogP contribution >= 0.6 is 0 Å². The summed E-state index contributed by atoms with van der Waals surface area (Å²) in [7, 11) is 1.95. The second-order valence-electron chi connectivity index (χ2n) is 12.4. The fraction of sp³-hybridized carbons (Fsp3) is 0.567. The number of nitrogens with zero attached hydrogens (tertiary/aromatic N) is 2. The van der Waals surface area contributed by atoms with Crippen molar-refractivity contribution < 1.29 is 38.7 Å². The van der Waals surface area contributed by atoms with Crippen molar-refractivity contribution in [3.05, 3.63) is 35.4 Å². The summed E-state index contributed by atoms with van der Waals surface area (Å²) < 4.78 is 0. The number of benzene rings is 1. The summed E-state index contributed by atoms with van der Waals surface area (Å²) in [6.07, 6.45) is 0. The third-order valence-corrected chi connectivity index (χ3v) is 7.25. The van der Waals surface area contributed by atoms with Crippen LogP contribution in [0.2, 0.25) is 0 Å². The first-order valence-corrected chi connectivity index (χ1v) is 14.5. The summed E-state index contributed by atoms with van der Waals surface area (Å²) in [6, 6.07) is 1.85. The predicted octanol–water partition coefficient (Wildman–Crippen LogP) is -0.366. The lowest BCUT2D eigenvalue weighted by molar-refractivity contribution is -0.142. The van der Waals surface area contributed by atoms with Crippen LogP contribution in [0.1, 0.15) is 62.3 Å². The highest BCUT2D eigenvalue weighted by molar-refractivity contribution is 6.38. The van der Waals surface area contributed by atoms with Gasteiger partial charge in [0, 0.05) is 31.7 Å². The first kappa shape index (κ1) is 35.9. The zero-order chi connectivity index (χ0) is 33.4. The second kappa shape index (κ2) is 15.4. The maximum absolute atomic E-state index is 13.2. The zero-order valence-electron chi connectivity index (χ0n) is 26.4. The number of carbonyl (C=O) groups is 7. The van der Waals surface area contributed by atoms with E-state index < -0.39 is 64.8 Å².